The van der Waals surface area contributed by atoms with Crippen molar-refractivity contribution in [2.24, 2.45) is 5.73 Å². The SMILES string of the molecule is NCCCCS(=O)(=O)O.[H-].[K+]. The quantitative estimate of drug-likeness (QED) is 0.279. The molecule has 0 saturated carbocycles. The zero-order valence-corrected chi connectivity index (χ0v) is 10.0. The Morgan fingerprint density at radius 2 is 1.90 bits per heavy atom. The van der Waals surface area contributed by atoms with Crippen molar-refractivity contribution in [3.05, 3.63) is 0 Å². The molecule has 0 amide bonds. The van der Waals surface area contributed by atoms with Gasteiger partial charge in [0.1, 0.15) is 0 Å². The van der Waals surface area contributed by atoms with E-state index in [2.05, 4.69) is 0 Å². The van der Waals surface area contributed by atoms with Crippen LogP contribution >= 0.6 is 0 Å². The van der Waals surface area contributed by atoms with E-state index in [0.717, 1.165) is 0 Å². The van der Waals surface area contributed by atoms with Gasteiger partial charge < -0.3 is 7.16 Å². The maximum Gasteiger partial charge on any atom is 1.00 e. The van der Waals surface area contributed by atoms with Crippen LogP contribution in [-0.2, 0) is 10.1 Å². The van der Waals surface area contributed by atoms with E-state index in [9.17, 15) is 8.42 Å². The van der Waals surface area contributed by atoms with Crippen LogP contribution < -0.4 is 57.1 Å². The molecule has 0 aromatic carbocycles. The summed E-state index contributed by atoms with van der Waals surface area (Å²) in [6.45, 7) is 0.468. The van der Waals surface area contributed by atoms with Gasteiger partial charge in [0.2, 0.25) is 0 Å². The molecule has 4 nitrogen and oxygen atoms in total. The molecule has 0 fully saturated rings. The molecular formula is C4H12KNO3S. The van der Waals surface area contributed by atoms with Gasteiger partial charge in [-0.05, 0) is 19.4 Å². The van der Waals surface area contributed by atoms with Crippen LogP contribution in [0.3, 0.4) is 0 Å². The van der Waals surface area contributed by atoms with Gasteiger partial charge in [0, 0.05) is 0 Å². The smallest absolute Gasteiger partial charge is 1.00 e. The van der Waals surface area contributed by atoms with Gasteiger partial charge in [0.05, 0.1) is 5.75 Å². The van der Waals surface area contributed by atoms with Crippen LogP contribution in [0.4, 0.5) is 0 Å². The Morgan fingerprint density at radius 1 is 1.40 bits per heavy atom. The summed E-state index contributed by atoms with van der Waals surface area (Å²) < 4.78 is 28.2. The molecule has 0 saturated heterocycles. The van der Waals surface area contributed by atoms with Crippen molar-refractivity contribution < 1.29 is 65.8 Å². The van der Waals surface area contributed by atoms with Crippen LogP contribution in [0.5, 0.6) is 0 Å². The summed E-state index contributed by atoms with van der Waals surface area (Å²) in [7, 11) is -3.75. The Hall–Kier alpha value is 1.51. The molecule has 0 atom stereocenters. The third kappa shape index (κ3) is 12.2. The monoisotopic (exact) mass is 193 g/mol. The van der Waals surface area contributed by atoms with Crippen LogP contribution in [0.25, 0.3) is 0 Å². The van der Waals surface area contributed by atoms with Crippen molar-refractivity contribution in [2.75, 3.05) is 12.3 Å². The van der Waals surface area contributed by atoms with E-state index in [1.165, 1.54) is 0 Å². The summed E-state index contributed by atoms with van der Waals surface area (Å²) >= 11 is 0. The third-order valence-electron chi connectivity index (χ3n) is 0.856. The largest absolute Gasteiger partial charge is 1.00 e. The zero-order valence-electron chi connectivity index (χ0n) is 7.08. The second-order valence-electron chi connectivity index (χ2n) is 1.78. The van der Waals surface area contributed by atoms with Crippen LogP contribution in [0.2, 0.25) is 0 Å². The number of rotatable bonds is 4. The number of hydrogen-bond acceptors (Lipinski definition) is 3. The van der Waals surface area contributed by atoms with Gasteiger partial charge in [-0.15, -0.1) is 0 Å². The first-order valence-corrected chi connectivity index (χ1v) is 4.32. The summed E-state index contributed by atoms with van der Waals surface area (Å²) in [4.78, 5) is 0. The fourth-order valence-electron chi connectivity index (χ4n) is 0.429. The van der Waals surface area contributed by atoms with Crippen LogP contribution in [-0.4, -0.2) is 25.3 Å². The number of nitrogens with two attached hydrogens (primary N) is 1. The molecule has 0 radical (unpaired) electrons. The molecule has 3 N–H and O–H groups in total. The average molecular weight is 193 g/mol. The molecule has 0 aliphatic rings. The van der Waals surface area contributed by atoms with Gasteiger partial charge in [-0.25, -0.2) is 0 Å². The van der Waals surface area contributed by atoms with E-state index in [1.807, 2.05) is 0 Å². The molecule has 0 bridgehead atoms. The Labute approximate surface area is 105 Å². The minimum Gasteiger partial charge on any atom is -1.00 e. The number of unbranched alkanes of at least 4 members (excludes halogenated alkanes) is 1. The van der Waals surface area contributed by atoms with Crippen LogP contribution in [0, 0.1) is 0 Å². The predicted molar refractivity (Wildman–Crippen MR) is 35.8 cm³/mol. The van der Waals surface area contributed by atoms with Crippen molar-refractivity contribution in [2.45, 2.75) is 12.8 Å². The van der Waals surface area contributed by atoms with Crippen molar-refractivity contribution in [3.63, 3.8) is 0 Å². The Kier molecular flexibility index (Phi) is 10.1. The van der Waals surface area contributed by atoms with E-state index in [4.69, 9.17) is 10.3 Å². The molecule has 0 aliphatic carbocycles. The van der Waals surface area contributed by atoms with Gasteiger partial charge in [0.25, 0.3) is 10.1 Å². The maximum atomic E-state index is 10.0. The fourth-order valence-corrected chi connectivity index (χ4v) is 0.998. The van der Waals surface area contributed by atoms with Crippen molar-refractivity contribution in [1.29, 1.82) is 0 Å². The van der Waals surface area contributed by atoms with Gasteiger partial charge >= 0.3 is 51.4 Å². The molecule has 10 heavy (non-hydrogen) atoms. The minimum absolute atomic E-state index is 0. The Balaban J connectivity index is -0.000000320. The van der Waals surface area contributed by atoms with E-state index < -0.39 is 10.1 Å². The Morgan fingerprint density at radius 3 is 2.20 bits per heavy atom. The van der Waals surface area contributed by atoms with E-state index >= 15 is 0 Å². The van der Waals surface area contributed by atoms with Gasteiger partial charge in [-0.2, -0.15) is 8.42 Å². The molecule has 58 valence electrons. The molecule has 0 aliphatic heterocycles. The van der Waals surface area contributed by atoms with E-state index in [-0.39, 0.29) is 58.6 Å². The summed E-state index contributed by atoms with van der Waals surface area (Å²) in [5.74, 6) is -0.176. The van der Waals surface area contributed by atoms with Crippen LogP contribution in [0.1, 0.15) is 14.3 Å². The molecule has 0 aromatic heterocycles. The molecule has 0 unspecified atom stereocenters. The predicted octanol–water partition coefficient (Wildman–Crippen LogP) is -3.27. The fraction of sp³-hybridized carbons (Fsp3) is 1.00. The summed E-state index contributed by atoms with van der Waals surface area (Å²) in [5, 5.41) is 0. The molecule has 0 rings (SSSR count). The maximum absolute atomic E-state index is 10.0. The average Bonchev–Trinajstić information content (AvgIpc) is 1.63. The topological polar surface area (TPSA) is 80.4 Å². The third-order valence-corrected chi connectivity index (χ3v) is 1.66. The van der Waals surface area contributed by atoms with E-state index in [0.29, 0.717) is 19.4 Å². The van der Waals surface area contributed by atoms with Crippen molar-refractivity contribution in [3.8, 4) is 0 Å². The van der Waals surface area contributed by atoms with Crippen molar-refractivity contribution in [1.82, 2.24) is 0 Å². The Bertz CT molecular complexity index is 161. The summed E-state index contributed by atoms with van der Waals surface area (Å²) in [6, 6.07) is 0. The van der Waals surface area contributed by atoms with Gasteiger partial charge in [-0.3, -0.25) is 4.55 Å². The summed E-state index contributed by atoms with van der Waals surface area (Å²) in [5.41, 5.74) is 5.08. The molecule has 6 heteroatoms. The van der Waals surface area contributed by atoms with Gasteiger partial charge in [-0.1, -0.05) is 0 Å². The number of hydrogen-bond donors (Lipinski definition) is 2. The van der Waals surface area contributed by atoms with Crippen molar-refractivity contribution >= 4 is 10.1 Å². The molecule has 0 spiro atoms. The first kappa shape index (κ1) is 14.1. The zero-order chi connectivity index (χ0) is 7.33. The first-order valence-electron chi connectivity index (χ1n) is 2.71. The second kappa shape index (κ2) is 7.17. The first-order chi connectivity index (χ1) is 4.06. The second-order valence-corrected chi connectivity index (χ2v) is 3.35. The standard InChI is InChI=1S/C4H11NO3S.K.H/c5-3-1-2-4-9(6,7)8;;/h1-5H2,(H,6,7,8);;/q;+1;-1. The normalized spacial score (nSPS) is 10.6. The minimum atomic E-state index is -3.75. The van der Waals surface area contributed by atoms with Gasteiger partial charge in [0.15, 0.2) is 0 Å². The molecular weight excluding hydrogens is 181 g/mol. The van der Waals surface area contributed by atoms with E-state index in [1.54, 1.807) is 0 Å². The molecule has 0 aromatic rings. The van der Waals surface area contributed by atoms with Crippen LogP contribution in [0.15, 0.2) is 0 Å². The summed E-state index contributed by atoms with van der Waals surface area (Å²) in [6.07, 6.45) is 1.08. The molecule has 0 heterocycles.